The van der Waals surface area contributed by atoms with Gasteiger partial charge in [0.15, 0.2) is 0 Å². The van der Waals surface area contributed by atoms with Gasteiger partial charge in [0.05, 0.1) is 22.3 Å². The molecule has 0 unspecified atom stereocenters. The summed E-state index contributed by atoms with van der Waals surface area (Å²) in [6.07, 6.45) is 0. The molecular formula is C17H16BrN3O3S. The molecule has 0 saturated carbocycles. The zero-order valence-electron chi connectivity index (χ0n) is 13.7. The second-order valence-electron chi connectivity index (χ2n) is 5.64. The minimum absolute atomic E-state index is 0.0754. The lowest BCUT2D eigenvalue weighted by molar-refractivity contribution is 0.576. The number of para-hydroxylation sites is 1. The lowest BCUT2D eigenvalue weighted by Gasteiger charge is -2.11. The maximum atomic E-state index is 12.5. The van der Waals surface area contributed by atoms with Gasteiger partial charge in [0, 0.05) is 11.5 Å². The predicted molar refractivity (Wildman–Crippen MR) is 99.9 cm³/mol. The van der Waals surface area contributed by atoms with E-state index in [4.69, 9.17) is 0 Å². The van der Waals surface area contributed by atoms with E-state index in [0.717, 1.165) is 10.0 Å². The lowest BCUT2D eigenvalue weighted by atomic mass is 10.2. The summed E-state index contributed by atoms with van der Waals surface area (Å²) in [6.45, 7) is 1.74. The smallest absolute Gasteiger partial charge is 0.261 e. The van der Waals surface area contributed by atoms with Crippen molar-refractivity contribution in [3.63, 3.8) is 0 Å². The summed E-state index contributed by atoms with van der Waals surface area (Å²) in [5, 5.41) is 0.500. The molecule has 0 amide bonds. The quantitative estimate of drug-likeness (QED) is 0.701. The van der Waals surface area contributed by atoms with Gasteiger partial charge in [-0.3, -0.25) is 9.36 Å². The first-order valence-corrected chi connectivity index (χ1v) is 9.77. The molecule has 2 aromatic carbocycles. The number of aromatic nitrogens is 2. The van der Waals surface area contributed by atoms with E-state index in [1.165, 1.54) is 10.6 Å². The van der Waals surface area contributed by atoms with E-state index < -0.39 is 10.0 Å². The van der Waals surface area contributed by atoms with Crippen LogP contribution < -0.4 is 10.3 Å². The molecule has 0 radical (unpaired) electrons. The summed E-state index contributed by atoms with van der Waals surface area (Å²) >= 11 is 3.35. The largest absolute Gasteiger partial charge is 0.298 e. The molecule has 8 heteroatoms. The number of halogens is 1. The fourth-order valence-corrected chi connectivity index (χ4v) is 3.76. The van der Waals surface area contributed by atoms with Crippen molar-refractivity contribution in [2.24, 2.45) is 7.05 Å². The lowest BCUT2D eigenvalue weighted by Crippen LogP contribution is -2.29. The Morgan fingerprint density at radius 3 is 2.64 bits per heavy atom. The molecular weight excluding hydrogens is 406 g/mol. The highest BCUT2D eigenvalue weighted by molar-refractivity contribution is 9.10. The van der Waals surface area contributed by atoms with Crippen LogP contribution in [0.5, 0.6) is 0 Å². The van der Waals surface area contributed by atoms with Gasteiger partial charge < -0.3 is 0 Å². The van der Waals surface area contributed by atoms with Crippen molar-refractivity contribution in [1.29, 1.82) is 0 Å². The Kier molecular flexibility index (Phi) is 4.77. The molecule has 1 heterocycles. The second kappa shape index (κ2) is 6.70. The number of nitrogens with one attached hydrogen (secondary N) is 1. The fourth-order valence-electron chi connectivity index (χ4n) is 2.45. The molecule has 0 aliphatic carbocycles. The van der Waals surface area contributed by atoms with Crippen LogP contribution in [0.25, 0.3) is 10.9 Å². The molecule has 1 N–H and O–H groups in total. The van der Waals surface area contributed by atoms with Gasteiger partial charge in [0.25, 0.3) is 5.56 Å². The highest BCUT2D eigenvalue weighted by Gasteiger charge is 2.16. The summed E-state index contributed by atoms with van der Waals surface area (Å²) in [6, 6.07) is 11.8. The number of hydrogen-bond acceptors (Lipinski definition) is 4. The molecule has 3 aromatic rings. The van der Waals surface area contributed by atoms with Crippen LogP contribution in [0.1, 0.15) is 11.4 Å². The second-order valence-corrected chi connectivity index (χ2v) is 8.27. The zero-order valence-corrected chi connectivity index (χ0v) is 16.1. The number of fused-ring (bicyclic) bond motifs is 1. The van der Waals surface area contributed by atoms with Crippen molar-refractivity contribution >= 4 is 36.9 Å². The van der Waals surface area contributed by atoms with Crippen molar-refractivity contribution in [2.75, 3.05) is 0 Å². The standard InChI is InChI=1S/C17H16BrN3O3S/c1-11-9-12(7-8-14(11)18)25(23,24)19-10-16-20-15-6-4-3-5-13(15)17(22)21(16)2/h3-9,19H,10H2,1-2H3. The van der Waals surface area contributed by atoms with Crippen LogP contribution >= 0.6 is 15.9 Å². The molecule has 0 spiro atoms. The van der Waals surface area contributed by atoms with Gasteiger partial charge in [-0.2, -0.15) is 0 Å². The molecule has 1 aromatic heterocycles. The summed E-state index contributed by atoms with van der Waals surface area (Å²) < 4.78 is 29.7. The molecule has 25 heavy (non-hydrogen) atoms. The van der Waals surface area contributed by atoms with Gasteiger partial charge in [-0.05, 0) is 42.8 Å². The SMILES string of the molecule is Cc1cc(S(=O)(=O)NCc2nc3ccccc3c(=O)n2C)ccc1Br. The molecule has 0 fully saturated rings. The van der Waals surface area contributed by atoms with E-state index in [0.29, 0.717) is 16.7 Å². The van der Waals surface area contributed by atoms with Gasteiger partial charge in [0.1, 0.15) is 5.82 Å². The molecule has 0 aliphatic heterocycles. The Balaban J connectivity index is 1.93. The third-order valence-corrected chi connectivity index (χ3v) is 6.22. The minimum atomic E-state index is -3.71. The van der Waals surface area contributed by atoms with Crippen molar-refractivity contribution < 1.29 is 8.42 Å². The van der Waals surface area contributed by atoms with E-state index >= 15 is 0 Å². The summed E-state index contributed by atoms with van der Waals surface area (Å²) in [5.74, 6) is 0.348. The maximum absolute atomic E-state index is 12.5. The first kappa shape index (κ1) is 17.8. The van der Waals surface area contributed by atoms with E-state index in [1.807, 2.05) is 6.92 Å². The van der Waals surface area contributed by atoms with E-state index in [1.54, 1.807) is 43.4 Å². The predicted octanol–water partition coefficient (Wildman–Crippen LogP) is 2.48. The normalized spacial score (nSPS) is 11.8. The minimum Gasteiger partial charge on any atom is -0.298 e. The van der Waals surface area contributed by atoms with Gasteiger partial charge in [-0.15, -0.1) is 0 Å². The Bertz CT molecular complexity index is 1120. The average Bonchev–Trinajstić information content (AvgIpc) is 2.59. The number of nitrogens with zero attached hydrogens (tertiary/aromatic N) is 2. The van der Waals surface area contributed by atoms with Gasteiger partial charge in [0.2, 0.25) is 10.0 Å². The molecule has 0 atom stereocenters. The monoisotopic (exact) mass is 421 g/mol. The maximum Gasteiger partial charge on any atom is 0.261 e. The first-order valence-electron chi connectivity index (χ1n) is 7.50. The number of aryl methyl sites for hydroxylation is 1. The van der Waals surface area contributed by atoms with Crippen LogP contribution in [0.15, 0.2) is 56.6 Å². The Morgan fingerprint density at radius 1 is 1.20 bits per heavy atom. The number of rotatable bonds is 4. The highest BCUT2D eigenvalue weighted by atomic mass is 79.9. The fraction of sp³-hybridized carbons (Fsp3) is 0.176. The van der Waals surface area contributed by atoms with Crippen molar-refractivity contribution in [3.05, 3.63) is 68.7 Å². The van der Waals surface area contributed by atoms with Crippen molar-refractivity contribution in [1.82, 2.24) is 14.3 Å². The number of benzene rings is 2. The molecule has 3 rings (SSSR count). The molecule has 0 aliphatic rings. The van der Waals surface area contributed by atoms with Crippen LogP contribution in [0.3, 0.4) is 0 Å². The van der Waals surface area contributed by atoms with Gasteiger partial charge >= 0.3 is 0 Å². The van der Waals surface area contributed by atoms with E-state index in [9.17, 15) is 13.2 Å². The number of sulfonamides is 1. The highest BCUT2D eigenvalue weighted by Crippen LogP contribution is 2.20. The van der Waals surface area contributed by atoms with Crippen LogP contribution in [0, 0.1) is 6.92 Å². The molecule has 0 bridgehead atoms. The summed E-state index contributed by atoms with van der Waals surface area (Å²) in [7, 11) is -2.13. The molecule has 130 valence electrons. The summed E-state index contributed by atoms with van der Waals surface area (Å²) in [4.78, 5) is 16.9. The Hall–Kier alpha value is -2.03. The third kappa shape index (κ3) is 3.51. The average molecular weight is 422 g/mol. The Morgan fingerprint density at radius 2 is 1.92 bits per heavy atom. The van der Waals surface area contributed by atoms with Crippen molar-refractivity contribution in [2.45, 2.75) is 18.4 Å². The van der Waals surface area contributed by atoms with Crippen LogP contribution in [-0.2, 0) is 23.6 Å². The van der Waals surface area contributed by atoms with E-state index in [-0.39, 0.29) is 17.0 Å². The number of hydrogen-bond donors (Lipinski definition) is 1. The zero-order chi connectivity index (χ0) is 18.2. The Labute approximate surface area is 153 Å². The third-order valence-electron chi connectivity index (χ3n) is 3.94. The van der Waals surface area contributed by atoms with Crippen molar-refractivity contribution in [3.8, 4) is 0 Å². The molecule has 6 nitrogen and oxygen atoms in total. The molecule has 0 saturated heterocycles. The first-order chi connectivity index (χ1) is 11.8. The topological polar surface area (TPSA) is 81.1 Å². The van der Waals surface area contributed by atoms with E-state index in [2.05, 4.69) is 25.6 Å². The summed E-state index contributed by atoms with van der Waals surface area (Å²) in [5.41, 5.74) is 1.15. The van der Waals surface area contributed by atoms with Crippen LogP contribution in [0.2, 0.25) is 0 Å². The van der Waals surface area contributed by atoms with Crippen LogP contribution in [-0.4, -0.2) is 18.0 Å². The van der Waals surface area contributed by atoms with Crippen LogP contribution in [0.4, 0.5) is 0 Å². The van der Waals surface area contributed by atoms with Gasteiger partial charge in [-0.1, -0.05) is 28.1 Å². The van der Waals surface area contributed by atoms with Gasteiger partial charge in [-0.25, -0.2) is 18.1 Å².